The zero-order valence-corrected chi connectivity index (χ0v) is 14.3. The van der Waals surface area contributed by atoms with Crippen LogP contribution in [-0.4, -0.2) is 32.6 Å². The van der Waals surface area contributed by atoms with Gasteiger partial charge in [-0.1, -0.05) is 22.0 Å². The molecule has 0 saturated carbocycles. The highest BCUT2D eigenvalue weighted by atomic mass is 79.9. The predicted molar refractivity (Wildman–Crippen MR) is 84.6 cm³/mol. The van der Waals surface area contributed by atoms with Gasteiger partial charge in [-0.3, -0.25) is 4.79 Å². The van der Waals surface area contributed by atoms with E-state index in [0.717, 1.165) is 47.9 Å². The van der Waals surface area contributed by atoms with E-state index >= 15 is 0 Å². The zero-order chi connectivity index (χ0) is 15.5. The van der Waals surface area contributed by atoms with Gasteiger partial charge < -0.3 is 14.2 Å². The number of fused-ring (bicyclic) bond motifs is 1. The molecular weight excluding hydrogens is 336 g/mol. The van der Waals surface area contributed by atoms with E-state index in [4.69, 9.17) is 14.2 Å². The van der Waals surface area contributed by atoms with E-state index in [1.165, 1.54) is 7.11 Å². The van der Waals surface area contributed by atoms with E-state index in [2.05, 4.69) is 15.9 Å². The molecule has 5 heteroatoms. The van der Waals surface area contributed by atoms with Crippen LogP contribution in [0, 0.1) is 0 Å². The minimum atomic E-state index is -0.558. The molecule has 21 heavy (non-hydrogen) atoms. The molecule has 1 atom stereocenters. The summed E-state index contributed by atoms with van der Waals surface area (Å²) in [6.45, 7) is 0. The van der Waals surface area contributed by atoms with Crippen LogP contribution in [0.25, 0.3) is 0 Å². The Balaban J connectivity index is 2.53. The van der Waals surface area contributed by atoms with Crippen molar-refractivity contribution in [1.82, 2.24) is 0 Å². The molecule has 1 aromatic rings. The maximum absolute atomic E-state index is 12.4. The van der Waals surface area contributed by atoms with Gasteiger partial charge in [0.05, 0.1) is 26.7 Å². The van der Waals surface area contributed by atoms with Crippen molar-refractivity contribution in [2.75, 3.05) is 26.7 Å². The topological polar surface area (TPSA) is 44.8 Å². The molecule has 1 aliphatic rings. The quantitative estimate of drug-likeness (QED) is 0.579. The van der Waals surface area contributed by atoms with Crippen molar-refractivity contribution in [2.45, 2.75) is 31.1 Å². The number of hydrogen-bond acceptors (Lipinski definition) is 4. The SMILES string of the molecule is COC(=O)C1(CCCBr)CCc2c1ccc(OC)c2OC. The van der Waals surface area contributed by atoms with Gasteiger partial charge in [-0.15, -0.1) is 0 Å². The van der Waals surface area contributed by atoms with Crippen LogP contribution in [0.5, 0.6) is 11.5 Å². The van der Waals surface area contributed by atoms with Gasteiger partial charge in [-0.25, -0.2) is 0 Å². The third-order valence-corrected chi connectivity index (χ3v) is 4.84. The maximum atomic E-state index is 12.4. The molecule has 0 amide bonds. The van der Waals surface area contributed by atoms with Gasteiger partial charge in [0, 0.05) is 10.9 Å². The van der Waals surface area contributed by atoms with Crippen molar-refractivity contribution in [3.05, 3.63) is 23.3 Å². The van der Waals surface area contributed by atoms with E-state index in [9.17, 15) is 4.79 Å². The Bertz CT molecular complexity index is 529. The Morgan fingerprint density at radius 2 is 2.05 bits per heavy atom. The summed E-state index contributed by atoms with van der Waals surface area (Å²) in [5, 5.41) is 0.869. The fraction of sp³-hybridized carbons (Fsp3) is 0.562. The lowest BCUT2D eigenvalue weighted by atomic mass is 9.78. The number of hydrogen-bond donors (Lipinski definition) is 0. The Morgan fingerprint density at radius 1 is 1.29 bits per heavy atom. The third-order valence-electron chi connectivity index (χ3n) is 4.28. The first-order valence-corrected chi connectivity index (χ1v) is 8.15. The fourth-order valence-corrected chi connectivity index (χ4v) is 3.58. The van der Waals surface area contributed by atoms with E-state index in [1.54, 1.807) is 14.2 Å². The van der Waals surface area contributed by atoms with E-state index in [0.29, 0.717) is 5.75 Å². The van der Waals surface area contributed by atoms with E-state index in [1.807, 2.05) is 12.1 Å². The molecule has 0 aromatic heterocycles. The van der Waals surface area contributed by atoms with Crippen LogP contribution in [0.15, 0.2) is 12.1 Å². The van der Waals surface area contributed by atoms with Crippen molar-refractivity contribution < 1.29 is 19.0 Å². The average Bonchev–Trinajstić information content (AvgIpc) is 2.91. The third kappa shape index (κ3) is 2.63. The summed E-state index contributed by atoms with van der Waals surface area (Å²) in [5.41, 5.74) is 1.53. The molecular formula is C16H21BrO4. The van der Waals surface area contributed by atoms with Gasteiger partial charge in [0.25, 0.3) is 0 Å². The summed E-state index contributed by atoms with van der Waals surface area (Å²) >= 11 is 3.45. The lowest BCUT2D eigenvalue weighted by Crippen LogP contribution is -2.35. The monoisotopic (exact) mass is 356 g/mol. The lowest BCUT2D eigenvalue weighted by Gasteiger charge is -2.27. The lowest BCUT2D eigenvalue weighted by molar-refractivity contribution is -0.148. The molecule has 0 heterocycles. The van der Waals surface area contributed by atoms with Crippen molar-refractivity contribution in [2.24, 2.45) is 0 Å². The second-order valence-corrected chi connectivity index (χ2v) is 5.99. The zero-order valence-electron chi connectivity index (χ0n) is 12.7. The summed E-state index contributed by atoms with van der Waals surface area (Å²) in [6.07, 6.45) is 3.24. The molecule has 1 unspecified atom stereocenters. The molecule has 0 saturated heterocycles. The number of methoxy groups -OCH3 is 3. The molecule has 116 valence electrons. The highest BCUT2D eigenvalue weighted by Crippen LogP contribution is 2.49. The fourth-order valence-electron chi connectivity index (χ4n) is 3.30. The molecule has 4 nitrogen and oxygen atoms in total. The highest BCUT2D eigenvalue weighted by molar-refractivity contribution is 9.09. The second-order valence-electron chi connectivity index (χ2n) is 5.19. The Labute approximate surface area is 133 Å². The van der Waals surface area contributed by atoms with Crippen LogP contribution < -0.4 is 9.47 Å². The van der Waals surface area contributed by atoms with E-state index < -0.39 is 5.41 Å². The second kappa shape index (κ2) is 6.69. The summed E-state index contributed by atoms with van der Waals surface area (Å²) in [5.74, 6) is 1.28. The summed E-state index contributed by atoms with van der Waals surface area (Å²) < 4.78 is 15.9. The van der Waals surface area contributed by atoms with Crippen molar-refractivity contribution in [1.29, 1.82) is 0 Å². The molecule has 0 aliphatic heterocycles. The van der Waals surface area contributed by atoms with Gasteiger partial charge in [0.15, 0.2) is 11.5 Å². The standard InChI is InChI=1S/C16H21BrO4/c1-19-13-6-5-12-11(14(13)20-2)7-9-16(12,8-4-10-17)15(18)21-3/h5-6H,4,7-10H2,1-3H3. The van der Waals surface area contributed by atoms with Crippen LogP contribution in [0.1, 0.15) is 30.4 Å². The molecule has 2 rings (SSSR count). The maximum Gasteiger partial charge on any atom is 0.316 e. The molecule has 0 N–H and O–H groups in total. The largest absolute Gasteiger partial charge is 0.493 e. The number of rotatable bonds is 6. The van der Waals surface area contributed by atoms with Crippen LogP contribution in [0.4, 0.5) is 0 Å². The average molecular weight is 357 g/mol. The number of benzene rings is 1. The first-order chi connectivity index (χ1) is 10.1. The van der Waals surface area contributed by atoms with Crippen molar-refractivity contribution in [3.63, 3.8) is 0 Å². The van der Waals surface area contributed by atoms with Gasteiger partial charge in [-0.2, -0.15) is 0 Å². The summed E-state index contributed by atoms with van der Waals surface area (Å²) in [4.78, 5) is 12.4. The summed E-state index contributed by atoms with van der Waals surface area (Å²) in [6, 6.07) is 3.85. The van der Waals surface area contributed by atoms with Crippen LogP contribution in [0.3, 0.4) is 0 Å². The smallest absolute Gasteiger partial charge is 0.316 e. The molecule has 0 fully saturated rings. The van der Waals surface area contributed by atoms with Gasteiger partial charge in [0.2, 0.25) is 0 Å². The number of halogens is 1. The van der Waals surface area contributed by atoms with E-state index in [-0.39, 0.29) is 5.97 Å². The van der Waals surface area contributed by atoms with Crippen LogP contribution in [-0.2, 0) is 21.4 Å². The number of carbonyl (C=O) groups excluding carboxylic acids is 1. The van der Waals surface area contributed by atoms with Crippen molar-refractivity contribution in [3.8, 4) is 11.5 Å². The minimum absolute atomic E-state index is 0.158. The Morgan fingerprint density at radius 3 is 2.62 bits per heavy atom. The van der Waals surface area contributed by atoms with Crippen LogP contribution >= 0.6 is 15.9 Å². The first-order valence-electron chi connectivity index (χ1n) is 7.03. The number of ether oxygens (including phenoxy) is 3. The molecule has 1 aromatic carbocycles. The number of esters is 1. The molecule has 1 aliphatic carbocycles. The Kier molecular flexibility index (Phi) is 5.14. The first kappa shape index (κ1) is 16.1. The molecule has 0 radical (unpaired) electrons. The number of carbonyl (C=O) groups is 1. The van der Waals surface area contributed by atoms with Gasteiger partial charge in [0.1, 0.15) is 0 Å². The van der Waals surface area contributed by atoms with Crippen LogP contribution in [0.2, 0.25) is 0 Å². The minimum Gasteiger partial charge on any atom is -0.493 e. The predicted octanol–water partition coefficient (Wildman–Crippen LogP) is 3.24. The summed E-state index contributed by atoms with van der Waals surface area (Å²) in [7, 11) is 4.71. The number of alkyl halides is 1. The normalized spacial score (nSPS) is 20.0. The molecule has 0 bridgehead atoms. The van der Waals surface area contributed by atoms with Crippen molar-refractivity contribution >= 4 is 21.9 Å². The Hall–Kier alpha value is -1.23. The van der Waals surface area contributed by atoms with Gasteiger partial charge in [-0.05, 0) is 37.3 Å². The molecule has 0 spiro atoms. The van der Waals surface area contributed by atoms with Gasteiger partial charge >= 0.3 is 5.97 Å². The highest BCUT2D eigenvalue weighted by Gasteiger charge is 2.47.